The second kappa shape index (κ2) is 6.39. The minimum atomic E-state index is -3.25. The standard InChI is InChI=1S/C17H20N2O4S/c1-11-7-8-12-5-3-4-6-13(12)16(11)19-17(20)14-9-23-15(18-14)10-24(2,21)22/h3-6,9,11,16H,7-8,10H2,1-2H3,(H,19,20)/t11-,16-/m1/s1. The lowest BCUT2D eigenvalue weighted by Gasteiger charge is -2.31. The van der Waals surface area contributed by atoms with Crippen molar-refractivity contribution in [2.45, 2.75) is 31.6 Å². The van der Waals surface area contributed by atoms with Crippen LogP contribution in [-0.4, -0.2) is 25.6 Å². The summed E-state index contributed by atoms with van der Waals surface area (Å²) in [5.41, 5.74) is 2.48. The number of oxazole rings is 1. The largest absolute Gasteiger partial charge is 0.447 e. The normalized spacial score (nSPS) is 20.4. The Hall–Kier alpha value is -2.15. The number of hydrogen-bond acceptors (Lipinski definition) is 5. The molecule has 3 rings (SSSR count). The fourth-order valence-corrected chi connectivity index (χ4v) is 3.64. The molecule has 0 saturated carbocycles. The molecule has 7 heteroatoms. The van der Waals surface area contributed by atoms with Crippen LogP contribution in [-0.2, 0) is 22.0 Å². The number of carbonyl (C=O) groups is 1. The predicted octanol–water partition coefficient (Wildman–Crippen LogP) is 2.27. The number of benzene rings is 1. The number of rotatable bonds is 4. The van der Waals surface area contributed by atoms with Gasteiger partial charge < -0.3 is 9.73 Å². The smallest absolute Gasteiger partial charge is 0.273 e. The molecule has 0 saturated heterocycles. The lowest BCUT2D eigenvalue weighted by molar-refractivity contribution is 0.0914. The summed E-state index contributed by atoms with van der Waals surface area (Å²) in [4.78, 5) is 16.4. The maximum absolute atomic E-state index is 12.5. The van der Waals surface area contributed by atoms with Crippen molar-refractivity contribution in [1.29, 1.82) is 0 Å². The quantitative estimate of drug-likeness (QED) is 0.915. The molecule has 1 amide bonds. The molecule has 1 aliphatic rings. The SMILES string of the molecule is C[C@@H]1CCc2ccccc2[C@@H]1NC(=O)c1coc(CS(C)(=O)=O)n1. The van der Waals surface area contributed by atoms with Gasteiger partial charge in [0.05, 0.1) is 6.04 Å². The van der Waals surface area contributed by atoms with Crippen molar-refractivity contribution in [2.75, 3.05) is 6.26 Å². The number of fused-ring (bicyclic) bond motifs is 1. The summed E-state index contributed by atoms with van der Waals surface area (Å²) in [6.45, 7) is 2.11. The molecule has 0 radical (unpaired) electrons. The number of aryl methyl sites for hydroxylation is 1. The van der Waals surface area contributed by atoms with Crippen molar-refractivity contribution in [3.05, 3.63) is 53.2 Å². The second-order valence-corrected chi connectivity index (χ2v) is 8.50. The number of amides is 1. The average molecular weight is 348 g/mol. The Morgan fingerprint density at radius 3 is 2.88 bits per heavy atom. The molecule has 0 fully saturated rings. The van der Waals surface area contributed by atoms with Gasteiger partial charge in [0.1, 0.15) is 12.0 Å². The third kappa shape index (κ3) is 3.67. The van der Waals surface area contributed by atoms with E-state index in [1.54, 1.807) is 0 Å². The number of carbonyl (C=O) groups excluding carboxylic acids is 1. The van der Waals surface area contributed by atoms with Crippen molar-refractivity contribution >= 4 is 15.7 Å². The van der Waals surface area contributed by atoms with Crippen LogP contribution < -0.4 is 5.32 Å². The van der Waals surface area contributed by atoms with Gasteiger partial charge in [-0.3, -0.25) is 4.79 Å². The first-order chi connectivity index (χ1) is 11.3. The van der Waals surface area contributed by atoms with Crippen molar-refractivity contribution < 1.29 is 17.6 Å². The summed E-state index contributed by atoms with van der Waals surface area (Å²) < 4.78 is 27.6. The highest BCUT2D eigenvalue weighted by molar-refractivity contribution is 7.89. The van der Waals surface area contributed by atoms with E-state index in [4.69, 9.17) is 4.42 Å². The number of aromatic nitrogens is 1. The topological polar surface area (TPSA) is 89.3 Å². The number of nitrogens with one attached hydrogen (secondary N) is 1. The zero-order chi connectivity index (χ0) is 17.3. The van der Waals surface area contributed by atoms with Gasteiger partial charge in [0.25, 0.3) is 5.91 Å². The minimum Gasteiger partial charge on any atom is -0.447 e. The predicted molar refractivity (Wildman–Crippen MR) is 89.2 cm³/mol. The molecule has 0 spiro atoms. The van der Waals surface area contributed by atoms with Crippen molar-refractivity contribution in [3.63, 3.8) is 0 Å². The van der Waals surface area contributed by atoms with E-state index in [0.717, 1.165) is 24.7 Å². The van der Waals surface area contributed by atoms with Crippen LogP contribution >= 0.6 is 0 Å². The lowest BCUT2D eigenvalue weighted by atomic mass is 9.80. The Balaban J connectivity index is 1.78. The maximum Gasteiger partial charge on any atom is 0.273 e. The number of nitrogens with zero attached hydrogens (tertiary/aromatic N) is 1. The molecule has 0 bridgehead atoms. The van der Waals surface area contributed by atoms with Crippen LogP contribution in [0.4, 0.5) is 0 Å². The number of hydrogen-bond donors (Lipinski definition) is 1. The van der Waals surface area contributed by atoms with Crippen molar-refractivity contribution in [1.82, 2.24) is 10.3 Å². The van der Waals surface area contributed by atoms with E-state index >= 15 is 0 Å². The average Bonchev–Trinajstić information content (AvgIpc) is 2.96. The molecule has 24 heavy (non-hydrogen) atoms. The van der Waals surface area contributed by atoms with Crippen LogP contribution in [0, 0.1) is 5.92 Å². The zero-order valence-electron chi connectivity index (χ0n) is 13.7. The maximum atomic E-state index is 12.5. The van der Waals surface area contributed by atoms with E-state index in [-0.39, 0.29) is 29.3 Å². The Morgan fingerprint density at radius 1 is 1.38 bits per heavy atom. The minimum absolute atomic E-state index is 0.0275. The van der Waals surface area contributed by atoms with Crippen molar-refractivity contribution in [3.8, 4) is 0 Å². The highest BCUT2D eigenvalue weighted by Gasteiger charge is 2.28. The van der Waals surface area contributed by atoms with Gasteiger partial charge in [-0.1, -0.05) is 31.2 Å². The molecule has 1 N–H and O–H groups in total. The van der Waals surface area contributed by atoms with Crippen LogP contribution in [0.1, 0.15) is 46.9 Å². The van der Waals surface area contributed by atoms with Crippen LogP contribution in [0.15, 0.2) is 34.9 Å². The van der Waals surface area contributed by atoms with Crippen LogP contribution in [0.25, 0.3) is 0 Å². The summed E-state index contributed by atoms with van der Waals surface area (Å²) in [6, 6.07) is 8.01. The van der Waals surface area contributed by atoms with Gasteiger partial charge in [-0.25, -0.2) is 13.4 Å². The molecule has 128 valence electrons. The molecule has 0 aliphatic heterocycles. The zero-order valence-corrected chi connectivity index (χ0v) is 14.5. The fourth-order valence-electron chi connectivity index (χ4n) is 3.06. The van der Waals surface area contributed by atoms with Gasteiger partial charge >= 0.3 is 0 Å². The molecule has 1 heterocycles. The Morgan fingerprint density at radius 2 is 2.12 bits per heavy atom. The van der Waals surface area contributed by atoms with E-state index in [1.165, 1.54) is 11.8 Å². The van der Waals surface area contributed by atoms with Gasteiger partial charge in [0.15, 0.2) is 15.5 Å². The van der Waals surface area contributed by atoms with Crippen molar-refractivity contribution in [2.24, 2.45) is 5.92 Å². The highest BCUT2D eigenvalue weighted by Crippen LogP contribution is 2.34. The monoisotopic (exact) mass is 348 g/mol. The number of sulfone groups is 1. The van der Waals surface area contributed by atoms with Crippen LogP contribution in [0.5, 0.6) is 0 Å². The van der Waals surface area contributed by atoms with E-state index in [1.807, 2.05) is 18.2 Å². The van der Waals surface area contributed by atoms with E-state index in [0.29, 0.717) is 5.92 Å². The van der Waals surface area contributed by atoms with Crippen LogP contribution in [0.3, 0.4) is 0 Å². The molecule has 2 aromatic rings. The van der Waals surface area contributed by atoms with Gasteiger partial charge in [0, 0.05) is 6.26 Å². The van der Waals surface area contributed by atoms with E-state index < -0.39 is 9.84 Å². The fraction of sp³-hybridized carbons (Fsp3) is 0.412. The molecule has 0 unspecified atom stereocenters. The summed E-state index contributed by atoms with van der Waals surface area (Å²) >= 11 is 0. The first-order valence-electron chi connectivity index (χ1n) is 7.84. The molecule has 2 atom stereocenters. The molecule has 1 aromatic carbocycles. The second-order valence-electron chi connectivity index (χ2n) is 6.36. The summed E-state index contributed by atoms with van der Waals surface area (Å²) in [7, 11) is -3.25. The van der Waals surface area contributed by atoms with E-state index in [9.17, 15) is 13.2 Å². The lowest BCUT2D eigenvalue weighted by Crippen LogP contribution is -2.35. The van der Waals surface area contributed by atoms with Gasteiger partial charge in [-0.05, 0) is 29.9 Å². The highest BCUT2D eigenvalue weighted by atomic mass is 32.2. The summed E-state index contributed by atoms with van der Waals surface area (Å²) in [5.74, 6) is -0.332. The molecule has 1 aromatic heterocycles. The Kier molecular flexibility index (Phi) is 4.45. The molecule has 6 nitrogen and oxygen atoms in total. The third-order valence-corrected chi connectivity index (χ3v) is 5.06. The summed E-state index contributed by atoms with van der Waals surface area (Å²) in [6.07, 6.45) is 4.30. The van der Waals surface area contributed by atoms with Gasteiger partial charge in [-0.15, -0.1) is 0 Å². The van der Waals surface area contributed by atoms with E-state index in [2.05, 4.69) is 23.3 Å². The summed E-state index contributed by atoms with van der Waals surface area (Å²) in [5, 5.41) is 3.01. The molecular weight excluding hydrogens is 328 g/mol. The van der Waals surface area contributed by atoms with Gasteiger partial charge in [-0.2, -0.15) is 0 Å². The first-order valence-corrected chi connectivity index (χ1v) is 9.90. The molecular formula is C17H20N2O4S. The van der Waals surface area contributed by atoms with Gasteiger partial charge in [0.2, 0.25) is 5.89 Å². The third-order valence-electron chi connectivity index (χ3n) is 4.28. The Labute approximate surface area is 141 Å². The van der Waals surface area contributed by atoms with Crippen LogP contribution in [0.2, 0.25) is 0 Å². The Bertz CT molecular complexity index is 857. The molecule has 1 aliphatic carbocycles. The first kappa shape index (κ1) is 16.7.